The van der Waals surface area contributed by atoms with E-state index in [4.69, 9.17) is 14.6 Å². The number of hydrogen-bond acceptors (Lipinski definition) is 7. The van der Waals surface area contributed by atoms with Gasteiger partial charge in [-0.15, -0.1) is 24.8 Å². The summed E-state index contributed by atoms with van der Waals surface area (Å²) in [4.78, 5) is 39.4. The number of halogens is 2. The van der Waals surface area contributed by atoms with Crippen LogP contribution < -0.4 is 0 Å². The summed E-state index contributed by atoms with van der Waals surface area (Å²) in [5.41, 5.74) is -1.56. The van der Waals surface area contributed by atoms with E-state index in [-0.39, 0.29) is 103 Å². The summed E-state index contributed by atoms with van der Waals surface area (Å²) in [6.45, 7) is 11.6. The van der Waals surface area contributed by atoms with Crippen molar-refractivity contribution in [1.82, 2.24) is 9.80 Å². The smallest absolute Gasteiger partial charge is 0.327 e. The number of hydrogen-bond donors (Lipinski definition) is 1. The van der Waals surface area contributed by atoms with Crippen molar-refractivity contribution in [2.75, 3.05) is 14.1 Å². The van der Waals surface area contributed by atoms with Crippen LogP contribution in [0.3, 0.4) is 0 Å². The van der Waals surface area contributed by atoms with Crippen LogP contribution in [0.25, 0.3) is 0 Å². The summed E-state index contributed by atoms with van der Waals surface area (Å²) in [6, 6.07) is 1.16. The molecular formula is C35H69Cl2N2O6Pd-. The molecule has 4 heterocycles. The first-order valence-corrected chi connectivity index (χ1v) is 15.6. The van der Waals surface area contributed by atoms with E-state index in [1.807, 2.05) is 48.6 Å². The summed E-state index contributed by atoms with van der Waals surface area (Å²) in [5, 5.41) is 9.02. The van der Waals surface area contributed by atoms with E-state index in [9.17, 15) is 14.4 Å². The molecule has 1 N–H and O–H groups in total. The summed E-state index contributed by atoms with van der Waals surface area (Å²) in [6.07, 6.45) is 13.8. The molecule has 8 nitrogen and oxygen atoms in total. The third-order valence-electron chi connectivity index (χ3n) is 10.8. The maximum absolute atomic E-state index is 12.2. The van der Waals surface area contributed by atoms with Crippen LogP contribution in [0, 0.1) is 18.8 Å². The fourth-order valence-electron chi connectivity index (χ4n) is 8.29. The number of rotatable bonds is 3. The van der Waals surface area contributed by atoms with E-state index in [2.05, 4.69) is 16.8 Å². The van der Waals surface area contributed by atoms with Crippen LogP contribution in [0.4, 0.5) is 0 Å². The van der Waals surface area contributed by atoms with Gasteiger partial charge >= 0.3 is 17.9 Å². The van der Waals surface area contributed by atoms with Gasteiger partial charge < -0.3 is 22.0 Å². The Balaban J connectivity index is -0.000000277. The van der Waals surface area contributed by atoms with Crippen molar-refractivity contribution in [2.45, 2.75) is 174 Å². The van der Waals surface area contributed by atoms with Gasteiger partial charge in [-0.1, -0.05) is 14.9 Å². The topological polar surface area (TPSA) is 96.4 Å². The molecule has 0 amide bonds. The van der Waals surface area contributed by atoms with Gasteiger partial charge in [-0.25, -0.2) is 0 Å². The first-order chi connectivity index (χ1) is 18.4. The maximum atomic E-state index is 12.2. The Morgan fingerprint density at radius 3 is 1.26 bits per heavy atom. The number of carboxylic acid groups (broad SMARTS) is 1. The van der Waals surface area contributed by atoms with Crippen LogP contribution in [-0.2, 0) is 44.3 Å². The Morgan fingerprint density at radius 2 is 1.02 bits per heavy atom. The van der Waals surface area contributed by atoms with E-state index < -0.39 is 11.5 Å². The molecule has 0 aromatic heterocycles. The number of carboxylic acids is 1. The van der Waals surface area contributed by atoms with Crippen molar-refractivity contribution in [2.24, 2.45) is 11.3 Å². The Morgan fingerprint density at radius 1 is 0.674 bits per heavy atom. The van der Waals surface area contributed by atoms with Gasteiger partial charge in [0.05, 0.1) is 5.41 Å². The molecule has 0 atom stereocenters. The van der Waals surface area contributed by atoms with Crippen LogP contribution in [-0.4, -0.2) is 81.3 Å². The number of aliphatic carboxylic acids is 1. The van der Waals surface area contributed by atoms with Crippen molar-refractivity contribution in [3.8, 4) is 0 Å². The van der Waals surface area contributed by atoms with E-state index in [1.165, 1.54) is 12.8 Å². The quantitative estimate of drug-likeness (QED) is 0.173. The number of carbonyl (C=O) groups excluding carboxylic acids is 2. The van der Waals surface area contributed by atoms with Gasteiger partial charge in [-0.05, 0) is 145 Å². The van der Waals surface area contributed by atoms with Crippen molar-refractivity contribution in [1.29, 1.82) is 0 Å². The second-order valence-electron chi connectivity index (χ2n) is 15.5. The van der Waals surface area contributed by atoms with Crippen LogP contribution in [0.1, 0.15) is 141 Å². The Hall–Kier alpha value is -0.428. The minimum Gasteiger partial charge on any atom is -0.480 e. The predicted molar refractivity (Wildman–Crippen MR) is 190 cm³/mol. The molecule has 0 unspecified atom stereocenters. The van der Waals surface area contributed by atoms with Gasteiger partial charge in [0.2, 0.25) is 0 Å². The van der Waals surface area contributed by atoms with Gasteiger partial charge in [0, 0.05) is 33.9 Å². The Kier molecular flexibility index (Phi) is 19.5. The fraction of sp³-hybridized carbons (Fsp3) is 0.886. The van der Waals surface area contributed by atoms with Crippen LogP contribution in [0.2, 0.25) is 0 Å². The second kappa shape index (κ2) is 18.0. The fourth-order valence-corrected chi connectivity index (χ4v) is 8.29. The van der Waals surface area contributed by atoms with E-state index in [1.54, 1.807) is 0 Å². The molecule has 0 aromatic carbocycles. The van der Waals surface area contributed by atoms with E-state index in [0.29, 0.717) is 12.1 Å². The van der Waals surface area contributed by atoms with Gasteiger partial charge in [0.25, 0.3) is 0 Å². The second-order valence-corrected chi connectivity index (χ2v) is 15.5. The third kappa shape index (κ3) is 10.1. The molecule has 0 aromatic rings. The summed E-state index contributed by atoms with van der Waals surface area (Å²) in [7, 11) is 4.01. The Bertz CT molecular complexity index is 982. The molecule has 4 aliphatic heterocycles. The number of nitrogens with zero attached hydrogens (tertiary/aromatic N) is 2. The average Bonchev–Trinajstić information content (AvgIpc) is 3.70. The van der Waals surface area contributed by atoms with Gasteiger partial charge in [0.15, 0.2) is 0 Å². The van der Waals surface area contributed by atoms with Crippen molar-refractivity contribution >= 4 is 42.7 Å². The standard InChI is InChI=1S/C12H21NO2.C12H20O2.C8H13NO2.2CH4.CH3.2ClH.Pd.H2/c1-11(2,3)15-10(14)12-7-5-9(6-8-12)13(12)4;1-11(2,3)14-10(13)12-6-4-9(8-12)5-7-12;1-9-6-2-4-8(9,5-3-6)7(10)11;;;;;;;/h9H,5-8H2,1-4H3;9H,4-8H2,1-3H3;6H,2-5H2,1H3,(H,10,11);2*1H4;1H3;2*1H;;1H/q;;;;;-1;;;;. The Labute approximate surface area is 309 Å². The number of carbonyl (C=O) groups is 3. The molecule has 6 bridgehead atoms. The van der Waals surface area contributed by atoms with E-state index in [0.717, 1.165) is 76.5 Å². The molecule has 6 fully saturated rings. The molecule has 2 saturated carbocycles. The van der Waals surface area contributed by atoms with Crippen LogP contribution in [0.5, 0.6) is 0 Å². The minimum atomic E-state index is -0.625. The molecule has 11 heteroatoms. The molecule has 0 spiro atoms. The first kappa shape index (κ1) is 50.0. The number of fused-ring (bicyclic) bond motifs is 6. The molecule has 6 rings (SSSR count). The minimum absolute atomic E-state index is 0. The SMILES string of the molecule is C.C.CC(C)(C)OC(=O)C12CCC(CC1)C2.CN1C2CCC1(C(=O)O)CC2.CN1C2CCC1(C(=O)OC(C)(C)C)CC2.Cl.Cl.[CH3-].[HH].[Pd]. The molecular weight excluding hydrogens is 722 g/mol. The molecule has 0 radical (unpaired) electrons. The predicted octanol–water partition coefficient (Wildman–Crippen LogP) is 8.37. The van der Waals surface area contributed by atoms with Gasteiger partial charge in [0.1, 0.15) is 22.3 Å². The number of likely N-dealkylation sites (N-methyl/N-ethyl adjacent to an activating group) is 2. The zero-order valence-corrected chi connectivity index (χ0v) is 31.6. The van der Waals surface area contributed by atoms with E-state index >= 15 is 0 Å². The maximum Gasteiger partial charge on any atom is 0.327 e. The number of esters is 2. The number of ether oxygens (including phenoxy) is 2. The summed E-state index contributed by atoms with van der Waals surface area (Å²) < 4.78 is 11.0. The van der Waals surface area contributed by atoms with Crippen molar-refractivity contribution < 1.29 is 50.8 Å². The van der Waals surface area contributed by atoms with Crippen LogP contribution in [0.15, 0.2) is 0 Å². The molecule has 280 valence electrons. The van der Waals surface area contributed by atoms with Gasteiger partial charge in [-0.3, -0.25) is 24.2 Å². The van der Waals surface area contributed by atoms with Crippen molar-refractivity contribution in [3.05, 3.63) is 7.43 Å². The first-order valence-electron chi connectivity index (χ1n) is 15.6. The normalized spacial score (nSPS) is 33.0. The third-order valence-corrected chi connectivity index (χ3v) is 10.8. The van der Waals surface area contributed by atoms with Crippen molar-refractivity contribution in [3.63, 3.8) is 0 Å². The summed E-state index contributed by atoms with van der Waals surface area (Å²) in [5.74, 6) is 0.227. The van der Waals surface area contributed by atoms with Gasteiger partial charge in [-0.2, -0.15) is 0 Å². The summed E-state index contributed by atoms with van der Waals surface area (Å²) >= 11 is 0. The zero-order chi connectivity index (χ0) is 29.7. The molecule has 6 aliphatic rings. The average molecular weight is 791 g/mol. The largest absolute Gasteiger partial charge is 0.480 e. The van der Waals surface area contributed by atoms with Crippen LogP contribution >= 0.6 is 24.8 Å². The zero-order valence-electron chi connectivity index (χ0n) is 28.4. The molecule has 4 saturated heterocycles. The molecule has 46 heavy (non-hydrogen) atoms. The monoisotopic (exact) mass is 789 g/mol. The molecule has 2 aliphatic carbocycles.